The summed E-state index contributed by atoms with van der Waals surface area (Å²) in [4.78, 5) is 4.45. The molecule has 116 valence electrons. The van der Waals surface area contributed by atoms with Gasteiger partial charge in [0.2, 0.25) is 0 Å². The zero-order valence-corrected chi connectivity index (χ0v) is 13.4. The Balaban J connectivity index is 1.84. The van der Waals surface area contributed by atoms with E-state index in [-0.39, 0.29) is 0 Å². The maximum atomic E-state index is 9.87. The molecule has 21 heavy (non-hydrogen) atoms. The molecule has 1 aliphatic rings. The molecule has 1 aliphatic heterocycles. The molecular formula is C14H22N4O2S. The average Bonchev–Trinajstić information content (AvgIpc) is 2.86. The van der Waals surface area contributed by atoms with E-state index in [4.69, 9.17) is 4.74 Å². The Bertz CT molecular complexity index is 492. The maximum Gasteiger partial charge on any atom is 0.130 e. The lowest BCUT2D eigenvalue weighted by molar-refractivity contribution is 0.0202. The van der Waals surface area contributed by atoms with E-state index in [1.54, 1.807) is 0 Å². The number of β-amino-alcohol motifs (C(OH)–C–C–N with tert-alkyl or cyclic N) is 1. The molecule has 0 saturated carbocycles. The molecule has 0 bridgehead atoms. The van der Waals surface area contributed by atoms with Crippen LogP contribution in [0.15, 0.2) is 0 Å². The van der Waals surface area contributed by atoms with Gasteiger partial charge >= 0.3 is 0 Å². The van der Waals surface area contributed by atoms with Crippen LogP contribution in [0.1, 0.15) is 18.2 Å². The van der Waals surface area contributed by atoms with Gasteiger partial charge in [0.15, 0.2) is 0 Å². The molecule has 2 rings (SSSR count). The van der Waals surface area contributed by atoms with Crippen molar-refractivity contribution in [1.82, 2.24) is 9.27 Å². The summed E-state index contributed by atoms with van der Waals surface area (Å²) in [5.74, 6) is 0. The van der Waals surface area contributed by atoms with Crippen LogP contribution in [-0.4, -0.2) is 66.4 Å². The van der Waals surface area contributed by atoms with E-state index < -0.39 is 6.10 Å². The standard InChI is InChI=1S/C14H22N4O2S/c1-3-20-10-12(19)9-17-4-6-18(7-5-17)14-13(8-15)11(2)16-21-14/h12,19H,3-7,9-10H2,1-2H3. The monoisotopic (exact) mass is 310 g/mol. The van der Waals surface area contributed by atoms with Crippen molar-refractivity contribution < 1.29 is 9.84 Å². The van der Waals surface area contributed by atoms with E-state index in [9.17, 15) is 10.4 Å². The highest BCUT2D eigenvalue weighted by Crippen LogP contribution is 2.28. The van der Waals surface area contributed by atoms with E-state index in [0.717, 1.165) is 36.9 Å². The van der Waals surface area contributed by atoms with Crippen molar-refractivity contribution in [3.63, 3.8) is 0 Å². The Labute approximate surface area is 129 Å². The highest BCUT2D eigenvalue weighted by Gasteiger charge is 2.23. The third-order valence-electron chi connectivity index (χ3n) is 3.60. The Kier molecular flexibility index (Phi) is 5.94. The van der Waals surface area contributed by atoms with Crippen LogP contribution in [0, 0.1) is 18.3 Å². The van der Waals surface area contributed by atoms with Gasteiger partial charge in [-0.2, -0.15) is 9.64 Å². The molecule has 1 saturated heterocycles. The van der Waals surface area contributed by atoms with Crippen molar-refractivity contribution >= 4 is 16.5 Å². The van der Waals surface area contributed by atoms with Crippen molar-refractivity contribution in [2.45, 2.75) is 20.0 Å². The Morgan fingerprint density at radius 1 is 1.43 bits per heavy atom. The molecule has 1 aromatic heterocycles. The average molecular weight is 310 g/mol. The molecule has 6 nitrogen and oxygen atoms in total. The number of nitriles is 1. The van der Waals surface area contributed by atoms with Gasteiger partial charge in [0.05, 0.1) is 18.4 Å². The zero-order chi connectivity index (χ0) is 15.2. The lowest BCUT2D eigenvalue weighted by atomic mass is 10.2. The molecule has 1 aromatic rings. The van der Waals surface area contributed by atoms with E-state index in [1.165, 1.54) is 11.5 Å². The lowest BCUT2D eigenvalue weighted by Crippen LogP contribution is -2.49. The first kappa shape index (κ1) is 16.2. The fourth-order valence-electron chi connectivity index (χ4n) is 2.44. The van der Waals surface area contributed by atoms with Gasteiger partial charge < -0.3 is 14.7 Å². The second kappa shape index (κ2) is 7.71. The van der Waals surface area contributed by atoms with Gasteiger partial charge in [-0.15, -0.1) is 0 Å². The summed E-state index contributed by atoms with van der Waals surface area (Å²) in [7, 11) is 0. The molecule has 0 aromatic carbocycles. The molecular weight excluding hydrogens is 288 g/mol. The number of piperazine rings is 1. The molecule has 2 heterocycles. The SMILES string of the molecule is CCOCC(O)CN1CCN(c2snc(C)c2C#N)CC1. The van der Waals surface area contributed by atoms with Crippen LogP contribution < -0.4 is 4.90 Å². The van der Waals surface area contributed by atoms with Crippen molar-refractivity contribution in [2.24, 2.45) is 0 Å². The zero-order valence-electron chi connectivity index (χ0n) is 12.6. The molecule has 1 atom stereocenters. The number of nitrogens with zero attached hydrogens (tertiary/aromatic N) is 4. The Morgan fingerprint density at radius 2 is 2.14 bits per heavy atom. The fraction of sp³-hybridized carbons (Fsp3) is 0.714. The van der Waals surface area contributed by atoms with Crippen molar-refractivity contribution in [1.29, 1.82) is 5.26 Å². The van der Waals surface area contributed by atoms with Gasteiger partial charge in [0.1, 0.15) is 16.6 Å². The number of aliphatic hydroxyl groups excluding tert-OH is 1. The topological polar surface area (TPSA) is 72.6 Å². The number of hydrogen-bond acceptors (Lipinski definition) is 7. The second-order valence-electron chi connectivity index (χ2n) is 5.16. The summed E-state index contributed by atoms with van der Waals surface area (Å²) in [5.41, 5.74) is 1.51. The third-order valence-corrected chi connectivity index (χ3v) is 4.60. The minimum absolute atomic E-state index is 0.392. The highest BCUT2D eigenvalue weighted by atomic mass is 32.1. The van der Waals surface area contributed by atoms with Crippen molar-refractivity contribution in [3.05, 3.63) is 11.3 Å². The molecule has 0 radical (unpaired) electrons. The van der Waals surface area contributed by atoms with E-state index in [1.807, 2.05) is 13.8 Å². The van der Waals surface area contributed by atoms with Gasteiger partial charge in [0.25, 0.3) is 0 Å². The molecule has 1 fully saturated rings. The molecule has 7 heteroatoms. The molecule has 1 unspecified atom stereocenters. The predicted molar refractivity (Wildman–Crippen MR) is 82.7 cm³/mol. The van der Waals surface area contributed by atoms with Gasteiger partial charge in [-0.1, -0.05) is 0 Å². The number of hydrogen-bond donors (Lipinski definition) is 1. The van der Waals surface area contributed by atoms with Gasteiger partial charge in [0, 0.05) is 39.3 Å². The van der Waals surface area contributed by atoms with E-state index >= 15 is 0 Å². The smallest absolute Gasteiger partial charge is 0.130 e. The summed E-state index contributed by atoms with van der Waals surface area (Å²) in [6.07, 6.45) is -0.434. The van der Waals surface area contributed by atoms with Crippen LogP contribution in [0.5, 0.6) is 0 Å². The van der Waals surface area contributed by atoms with E-state index in [0.29, 0.717) is 25.3 Å². The molecule has 0 amide bonds. The van der Waals surface area contributed by atoms with Crippen LogP contribution in [0.2, 0.25) is 0 Å². The fourth-order valence-corrected chi connectivity index (χ4v) is 3.34. The first-order valence-electron chi connectivity index (χ1n) is 7.25. The first-order valence-corrected chi connectivity index (χ1v) is 8.02. The Morgan fingerprint density at radius 3 is 2.76 bits per heavy atom. The Hall–Kier alpha value is -1.20. The number of anilines is 1. The lowest BCUT2D eigenvalue weighted by Gasteiger charge is -2.36. The minimum Gasteiger partial charge on any atom is -0.389 e. The second-order valence-corrected chi connectivity index (χ2v) is 5.91. The normalized spacial score (nSPS) is 17.7. The summed E-state index contributed by atoms with van der Waals surface area (Å²) < 4.78 is 9.50. The number of aliphatic hydroxyl groups is 1. The quantitative estimate of drug-likeness (QED) is 0.839. The molecule has 0 aliphatic carbocycles. The van der Waals surface area contributed by atoms with Crippen molar-refractivity contribution in [2.75, 3.05) is 50.8 Å². The summed E-state index contributed by atoms with van der Waals surface area (Å²) in [6, 6.07) is 2.24. The highest BCUT2D eigenvalue weighted by molar-refractivity contribution is 7.10. The third kappa shape index (κ3) is 4.14. The minimum atomic E-state index is -0.434. The van der Waals surface area contributed by atoms with Gasteiger partial charge in [-0.05, 0) is 25.4 Å². The summed E-state index contributed by atoms with van der Waals surface area (Å²) >= 11 is 1.40. The number of ether oxygens (including phenoxy) is 1. The van der Waals surface area contributed by atoms with Crippen LogP contribution in [0.3, 0.4) is 0 Å². The molecule has 1 N–H and O–H groups in total. The largest absolute Gasteiger partial charge is 0.389 e. The summed E-state index contributed by atoms with van der Waals surface area (Å²) in [6.45, 7) is 8.94. The first-order chi connectivity index (χ1) is 10.2. The van der Waals surface area contributed by atoms with Crippen LogP contribution in [0.4, 0.5) is 5.00 Å². The van der Waals surface area contributed by atoms with Gasteiger partial charge in [-0.25, -0.2) is 0 Å². The van der Waals surface area contributed by atoms with Crippen LogP contribution >= 0.6 is 11.5 Å². The van der Waals surface area contributed by atoms with Crippen LogP contribution in [0.25, 0.3) is 0 Å². The number of aromatic nitrogens is 1. The predicted octanol–water partition coefficient (Wildman–Crippen LogP) is 0.843. The van der Waals surface area contributed by atoms with E-state index in [2.05, 4.69) is 20.2 Å². The maximum absolute atomic E-state index is 9.87. The number of rotatable bonds is 6. The van der Waals surface area contributed by atoms with Crippen LogP contribution in [-0.2, 0) is 4.74 Å². The molecule has 0 spiro atoms. The van der Waals surface area contributed by atoms with Crippen molar-refractivity contribution in [3.8, 4) is 6.07 Å². The summed E-state index contributed by atoms with van der Waals surface area (Å²) in [5, 5.41) is 20.1. The number of aryl methyl sites for hydroxylation is 1. The van der Waals surface area contributed by atoms with Gasteiger partial charge in [-0.3, -0.25) is 4.90 Å².